The zero-order valence-corrected chi connectivity index (χ0v) is 11.4. The normalized spacial score (nSPS) is 42.2. The Balaban J connectivity index is 0.000000329. The summed E-state index contributed by atoms with van der Waals surface area (Å²) in [5, 5.41) is 0. The zero-order chi connectivity index (χ0) is 12.7. The minimum absolute atomic E-state index is 0.151. The minimum Gasteiger partial charge on any atom is -0.297 e. The van der Waals surface area contributed by atoms with E-state index in [1.165, 1.54) is 12.8 Å². The van der Waals surface area contributed by atoms with Gasteiger partial charge in [0.15, 0.2) is 0 Å². The van der Waals surface area contributed by atoms with Crippen LogP contribution >= 0.6 is 0 Å². The van der Waals surface area contributed by atoms with E-state index in [1.54, 1.807) is 0 Å². The van der Waals surface area contributed by atoms with Crippen LogP contribution in [0.2, 0.25) is 0 Å². The fourth-order valence-corrected chi connectivity index (χ4v) is 3.76. The van der Waals surface area contributed by atoms with E-state index < -0.39 is 11.3 Å². The van der Waals surface area contributed by atoms with Crippen molar-refractivity contribution in [2.45, 2.75) is 70.8 Å². The first-order valence-electron chi connectivity index (χ1n) is 7.08. The predicted molar refractivity (Wildman–Crippen MR) is 66.4 cm³/mol. The highest BCUT2D eigenvalue weighted by molar-refractivity contribution is 5.21. The molecule has 3 aliphatic rings. The quantitative estimate of drug-likeness (QED) is 0.673. The number of nitrogens with zero attached hydrogens (tertiary/aromatic N) is 1. The van der Waals surface area contributed by atoms with Crippen molar-refractivity contribution in [1.82, 2.24) is 4.90 Å². The van der Waals surface area contributed by atoms with Crippen LogP contribution in [0.25, 0.3) is 0 Å². The van der Waals surface area contributed by atoms with Crippen molar-refractivity contribution >= 4 is 0 Å². The van der Waals surface area contributed by atoms with E-state index in [2.05, 4.69) is 25.7 Å². The maximum absolute atomic E-state index is 13.3. The van der Waals surface area contributed by atoms with Gasteiger partial charge in [0.05, 0.1) is 5.41 Å². The molecule has 2 saturated heterocycles. The summed E-state index contributed by atoms with van der Waals surface area (Å²) in [6.45, 7) is 8.11. The van der Waals surface area contributed by atoms with Gasteiger partial charge in [-0.2, -0.15) is 0 Å². The molecule has 1 spiro atoms. The third kappa shape index (κ3) is 1.91. The Hall–Kier alpha value is -0.180. The summed E-state index contributed by atoms with van der Waals surface area (Å²) >= 11 is 0. The minimum atomic E-state index is -2.35. The Morgan fingerprint density at radius 1 is 1.12 bits per heavy atom. The van der Waals surface area contributed by atoms with Gasteiger partial charge in [-0.3, -0.25) is 4.90 Å². The van der Waals surface area contributed by atoms with Gasteiger partial charge in [-0.15, -0.1) is 0 Å². The molecule has 0 aromatic carbocycles. The van der Waals surface area contributed by atoms with Crippen LogP contribution < -0.4 is 0 Å². The summed E-state index contributed by atoms with van der Waals surface area (Å²) in [6.07, 6.45) is 5.55. The molecule has 0 unspecified atom stereocenters. The molecule has 0 bridgehead atoms. The van der Waals surface area contributed by atoms with Crippen LogP contribution in [0.1, 0.15) is 59.3 Å². The van der Waals surface area contributed by atoms with Crippen molar-refractivity contribution in [3.05, 3.63) is 0 Å². The molecule has 3 heteroatoms. The summed E-state index contributed by atoms with van der Waals surface area (Å²) in [6, 6.07) is 0. The van der Waals surface area contributed by atoms with Crippen LogP contribution in [-0.4, -0.2) is 29.5 Å². The zero-order valence-electron chi connectivity index (χ0n) is 11.4. The molecular formula is C14H25F2N. The second kappa shape index (κ2) is 4.18. The van der Waals surface area contributed by atoms with Crippen molar-refractivity contribution in [2.75, 3.05) is 13.1 Å². The second-order valence-electron chi connectivity index (χ2n) is 6.15. The first kappa shape index (κ1) is 13.3. The largest absolute Gasteiger partial charge is 0.297 e. The van der Waals surface area contributed by atoms with E-state index in [9.17, 15) is 8.78 Å². The topological polar surface area (TPSA) is 3.24 Å². The number of alkyl halides is 2. The smallest absolute Gasteiger partial charge is 0.255 e. The number of hydrogen-bond donors (Lipinski definition) is 0. The molecule has 0 aromatic heterocycles. The van der Waals surface area contributed by atoms with Gasteiger partial charge >= 0.3 is 0 Å². The molecule has 2 heterocycles. The molecule has 2 atom stereocenters. The highest BCUT2D eigenvalue weighted by atomic mass is 19.3. The van der Waals surface area contributed by atoms with E-state index >= 15 is 0 Å². The van der Waals surface area contributed by atoms with Crippen LogP contribution in [0.5, 0.6) is 0 Å². The number of fused-ring (bicyclic) bond motifs is 1. The van der Waals surface area contributed by atoms with E-state index in [4.69, 9.17) is 0 Å². The molecule has 1 saturated carbocycles. The van der Waals surface area contributed by atoms with Crippen LogP contribution in [0.3, 0.4) is 0 Å². The van der Waals surface area contributed by atoms with Crippen LogP contribution in [0.15, 0.2) is 0 Å². The maximum atomic E-state index is 13.3. The lowest BCUT2D eigenvalue weighted by molar-refractivity contribution is 0.0656. The van der Waals surface area contributed by atoms with Gasteiger partial charge in [0, 0.05) is 18.5 Å². The van der Waals surface area contributed by atoms with Gasteiger partial charge in [-0.25, -0.2) is 8.78 Å². The molecule has 3 rings (SSSR count). The highest BCUT2D eigenvalue weighted by Gasteiger charge is 2.76. The van der Waals surface area contributed by atoms with Crippen molar-refractivity contribution in [3.63, 3.8) is 0 Å². The van der Waals surface area contributed by atoms with Crippen molar-refractivity contribution in [3.8, 4) is 0 Å². The molecule has 0 radical (unpaired) electrons. The molecule has 1 aliphatic carbocycles. The molecule has 3 fully saturated rings. The highest BCUT2D eigenvalue weighted by Crippen LogP contribution is 2.69. The molecule has 0 aromatic rings. The van der Waals surface area contributed by atoms with Gasteiger partial charge in [0.25, 0.3) is 5.92 Å². The van der Waals surface area contributed by atoms with Crippen LogP contribution in [0.4, 0.5) is 8.78 Å². The molecule has 100 valence electrons. The summed E-state index contributed by atoms with van der Waals surface area (Å²) in [4.78, 5) is 2.34. The SMILES string of the molecule is CCC.CC[C@@]12CCCN1C[C@]1(CC1(F)F)C2. The first-order valence-corrected chi connectivity index (χ1v) is 7.08. The number of halogens is 2. The Morgan fingerprint density at radius 3 is 2.12 bits per heavy atom. The summed E-state index contributed by atoms with van der Waals surface area (Å²) in [5.41, 5.74) is -0.455. The fourth-order valence-electron chi connectivity index (χ4n) is 3.76. The molecule has 0 N–H and O–H groups in total. The molecule has 1 nitrogen and oxygen atoms in total. The van der Waals surface area contributed by atoms with Gasteiger partial charge < -0.3 is 0 Å². The molecule has 0 amide bonds. The summed E-state index contributed by atoms with van der Waals surface area (Å²) in [7, 11) is 0. The molecular weight excluding hydrogens is 220 g/mol. The second-order valence-corrected chi connectivity index (χ2v) is 6.15. The standard InChI is InChI=1S/C11H17F2N.C3H8/c1-2-10-4-3-5-14(10)8-9(6-10)7-11(9,12)13;1-3-2/h2-8H2,1H3;3H2,1-2H3/t9-,10+;/m1./s1. The Labute approximate surface area is 104 Å². The van der Waals surface area contributed by atoms with Gasteiger partial charge in [-0.1, -0.05) is 27.2 Å². The van der Waals surface area contributed by atoms with E-state index in [-0.39, 0.29) is 12.0 Å². The van der Waals surface area contributed by atoms with Crippen LogP contribution in [-0.2, 0) is 0 Å². The maximum Gasteiger partial charge on any atom is 0.255 e. The number of rotatable bonds is 1. The lowest BCUT2D eigenvalue weighted by Crippen LogP contribution is -2.37. The van der Waals surface area contributed by atoms with Crippen molar-refractivity contribution < 1.29 is 8.78 Å². The lowest BCUT2D eigenvalue weighted by Gasteiger charge is -2.30. The Kier molecular flexibility index (Phi) is 3.26. The fraction of sp³-hybridized carbons (Fsp3) is 1.00. The van der Waals surface area contributed by atoms with Crippen molar-refractivity contribution in [2.24, 2.45) is 5.41 Å². The summed E-state index contributed by atoms with van der Waals surface area (Å²) < 4.78 is 26.6. The Morgan fingerprint density at radius 2 is 1.71 bits per heavy atom. The van der Waals surface area contributed by atoms with E-state index in [1.807, 2.05) is 0 Å². The van der Waals surface area contributed by atoms with E-state index in [0.717, 1.165) is 25.8 Å². The number of hydrogen-bond acceptors (Lipinski definition) is 1. The average Bonchev–Trinajstić information content (AvgIpc) is 2.58. The van der Waals surface area contributed by atoms with Gasteiger partial charge in [0.1, 0.15) is 0 Å². The average molecular weight is 245 g/mol. The van der Waals surface area contributed by atoms with Crippen molar-refractivity contribution in [1.29, 1.82) is 0 Å². The van der Waals surface area contributed by atoms with Gasteiger partial charge in [0.2, 0.25) is 0 Å². The third-order valence-corrected chi connectivity index (χ3v) is 4.77. The first-order chi connectivity index (χ1) is 7.95. The predicted octanol–water partition coefficient (Wildman–Crippen LogP) is 4.08. The monoisotopic (exact) mass is 245 g/mol. The molecule has 2 aliphatic heterocycles. The molecule has 17 heavy (non-hydrogen) atoms. The Bertz CT molecular complexity index is 292. The lowest BCUT2D eigenvalue weighted by atomic mass is 9.86. The summed E-state index contributed by atoms with van der Waals surface area (Å²) in [5.74, 6) is -2.35. The van der Waals surface area contributed by atoms with Gasteiger partial charge in [-0.05, 0) is 32.2 Å². The van der Waals surface area contributed by atoms with Crippen LogP contribution in [0, 0.1) is 5.41 Å². The third-order valence-electron chi connectivity index (χ3n) is 4.77. The van der Waals surface area contributed by atoms with E-state index in [0.29, 0.717) is 6.54 Å².